The zero-order valence-electron chi connectivity index (χ0n) is 18.3. The maximum atomic E-state index is 14.2. The molecule has 0 saturated carbocycles. The van der Waals surface area contributed by atoms with E-state index < -0.39 is 10.0 Å². The van der Waals surface area contributed by atoms with Crippen LogP contribution in [0.15, 0.2) is 47.4 Å². The highest BCUT2D eigenvalue weighted by Crippen LogP contribution is 2.47. The average Bonchev–Trinajstić information content (AvgIpc) is 3.36. The van der Waals surface area contributed by atoms with Gasteiger partial charge in [0.1, 0.15) is 13.6 Å². The summed E-state index contributed by atoms with van der Waals surface area (Å²) in [5, 5.41) is 4.81. The molecule has 2 aromatic heterocycles. The number of thiophene rings is 2. The van der Waals surface area contributed by atoms with Gasteiger partial charge in [0.25, 0.3) is 10.0 Å². The fourth-order valence-electron chi connectivity index (χ4n) is 4.31. The summed E-state index contributed by atoms with van der Waals surface area (Å²) >= 11 is 27.7. The second-order valence-corrected chi connectivity index (χ2v) is 14.5. The zero-order chi connectivity index (χ0) is 24.9. The Kier molecular flexibility index (Phi) is 7.20. The second kappa shape index (κ2) is 9.91. The molecule has 0 unspecified atom stereocenters. The lowest BCUT2D eigenvalue weighted by molar-refractivity contribution is 0.590. The van der Waals surface area contributed by atoms with Gasteiger partial charge in [0.15, 0.2) is 0 Å². The molecule has 0 amide bonds. The molecule has 1 aliphatic rings. The fraction of sp³-hybridized carbons (Fsp3) is 0.217. The third-order valence-electron chi connectivity index (χ3n) is 5.97. The van der Waals surface area contributed by atoms with Crippen molar-refractivity contribution in [2.24, 2.45) is 0 Å². The van der Waals surface area contributed by atoms with Crippen LogP contribution >= 0.6 is 69.1 Å². The van der Waals surface area contributed by atoms with Gasteiger partial charge >= 0.3 is 0 Å². The van der Waals surface area contributed by atoms with Gasteiger partial charge in [-0.05, 0) is 18.2 Å². The van der Waals surface area contributed by atoms with Crippen molar-refractivity contribution in [2.75, 3.05) is 42.4 Å². The molecular formula is C23H19Cl4N3O2S3. The quantitative estimate of drug-likeness (QED) is 0.256. The first-order valence-corrected chi connectivity index (χ1v) is 15.2. The van der Waals surface area contributed by atoms with E-state index in [1.807, 2.05) is 30.3 Å². The van der Waals surface area contributed by atoms with E-state index in [2.05, 4.69) is 10.2 Å². The number of nitrogens with zero attached hydrogens (tertiary/aromatic N) is 2. The van der Waals surface area contributed by atoms with Crippen LogP contribution in [0.4, 0.5) is 11.4 Å². The number of anilines is 2. The predicted molar refractivity (Wildman–Crippen MR) is 152 cm³/mol. The molecule has 0 bridgehead atoms. The highest BCUT2D eigenvalue weighted by molar-refractivity contribution is 7.93. The first kappa shape index (κ1) is 25.4. The van der Waals surface area contributed by atoms with Crippen molar-refractivity contribution in [3.05, 3.63) is 59.8 Å². The summed E-state index contributed by atoms with van der Waals surface area (Å²) in [6, 6.07) is 12.7. The second-order valence-electron chi connectivity index (χ2n) is 7.97. The standard InChI is InChI=1S/C23H19Cl4N3O2S3/c1-29(18-12-20(25)34-23(18)27)35(31,32)21-14-5-3-2-4-13(14)17(30-8-6-28-7-9-30)10-15(21)16-11-19(24)33-22(16)26/h2-5,10-12,28H,6-9H2,1H3. The smallest absolute Gasteiger partial charge is 0.265 e. The number of rotatable bonds is 5. The maximum Gasteiger partial charge on any atom is 0.265 e. The van der Waals surface area contributed by atoms with E-state index in [0.29, 0.717) is 39.5 Å². The van der Waals surface area contributed by atoms with Crippen LogP contribution in [0.2, 0.25) is 17.3 Å². The molecule has 3 heterocycles. The van der Waals surface area contributed by atoms with Crippen molar-refractivity contribution in [3.63, 3.8) is 0 Å². The number of piperazine rings is 1. The van der Waals surface area contributed by atoms with Crippen molar-refractivity contribution < 1.29 is 8.42 Å². The van der Waals surface area contributed by atoms with Gasteiger partial charge in [-0.25, -0.2) is 8.42 Å². The minimum absolute atomic E-state index is 0.143. The van der Waals surface area contributed by atoms with E-state index in [1.54, 1.807) is 12.1 Å². The summed E-state index contributed by atoms with van der Waals surface area (Å²) in [4.78, 5) is 2.41. The van der Waals surface area contributed by atoms with Crippen molar-refractivity contribution in [1.82, 2.24) is 5.32 Å². The van der Waals surface area contributed by atoms with Crippen molar-refractivity contribution in [3.8, 4) is 11.1 Å². The largest absolute Gasteiger partial charge is 0.368 e. The van der Waals surface area contributed by atoms with Gasteiger partial charge in [0.05, 0.1) is 14.4 Å². The number of fused-ring (bicyclic) bond motifs is 1. The number of hydrogen-bond acceptors (Lipinski definition) is 6. The van der Waals surface area contributed by atoms with Crippen LogP contribution < -0.4 is 14.5 Å². The van der Waals surface area contributed by atoms with Crippen molar-refractivity contribution >= 4 is 101 Å². The van der Waals surface area contributed by atoms with Gasteiger partial charge in [-0.3, -0.25) is 4.31 Å². The van der Waals surface area contributed by atoms with Crippen LogP contribution in [0.25, 0.3) is 21.9 Å². The number of halogens is 4. The Morgan fingerprint density at radius 2 is 1.51 bits per heavy atom. The molecule has 35 heavy (non-hydrogen) atoms. The summed E-state index contributed by atoms with van der Waals surface area (Å²) in [5.74, 6) is 0. The lowest BCUT2D eigenvalue weighted by Crippen LogP contribution is -2.43. The van der Waals surface area contributed by atoms with Crippen LogP contribution in [0.5, 0.6) is 0 Å². The minimum atomic E-state index is -4.09. The number of benzene rings is 2. The van der Waals surface area contributed by atoms with E-state index in [4.69, 9.17) is 46.4 Å². The van der Waals surface area contributed by atoms with Gasteiger partial charge < -0.3 is 10.2 Å². The summed E-state index contributed by atoms with van der Waals surface area (Å²) in [6.07, 6.45) is 0. The minimum Gasteiger partial charge on any atom is -0.368 e. The average molecular weight is 607 g/mol. The SMILES string of the molecule is CN(c1cc(Cl)sc1Cl)S(=O)(=O)c1c(-c2cc(Cl)sc2Cl)cc(N2CCNCC2)c2ccccc12. The Hall–Kier alpha value is -1.23. The molecule has 184 valence electrons. The first-order valence-electron chi connectivity index (χ1n) is 10.6. The molecule has 1 aliphatic heterocycles. The molecule has 0 atom stereocenters. The molecule has 0 aliphatic carbocycles. The van der Waals surface area contributed by atoms with Gasteiger partial charge in [0, 0.05) is 60.8 Å². The Labute approximate surface area is 231 Å². The Morgan fingerprint density at radius 3 is 2.11 bits per heavy atom. The summed E-state index contributed by atoms with van der Waals surface area (Å²) in [6.45, 7) is 3.29. The summed E-state index contributed by atoms with van der Waals surface area (Å²) < 4.78 is 31.3. The van der Waals surface area contributed by atoms with Gasteiger partial charge in [0.2, 0.25) is 0 Å². The Balaban J connectivity index is 1.83. The van der Waals surface area contributed by atoms with Crippen molar-refractivity contribution in [1.29, 1.82) is 0 Å². The lowest BCUT2D eigenvalue weighted by atomic mass is 10.00. The summed E-state index contributed by atoms with van der Waals surface area (Å²) in [5.41, 5.74) is 2.34. The predicted octanol–water partition coefficient (Wildman–Crippen LogP) is 7.48. The molecule has 4 aromatic rings. The third-order valence-corrected chi connectivity index (χ3v) is 10.8. The van der Waals surface area contributed by atoms with E-state index >= 15 is 0 Å². The molecule has 12 heteroatoms. The molecule has 1 saturated heterocycles. The maximum absolute atomic E-state index is 14.2. The van der Waals surface area contributed by atoms with Crippen LogP contribution in [0, 0.1) is 0 Å². The van der Waals surface area contributed by atoms with Gasteiger partial charge in [-0.15, -0.1) is 22.7 Å². The van der Waals surface area contributed by atoms with E-state index in [0.717, 1.165) is 48.6 Å². The number of sulfonamides is 1. The van der Waals surface area contributed by atoms with Crippen LogP contribution in [-0.2, 0) is 10.0 Å². The number of hydrogen-bond donors (Lipinski definition) is 1. The summed E-state index contributed by atoms with van der Waals surface area (Å²) in [7, 11) is -2.62. The molecule has 1 fully saturated rings. The monoisotopic (exact) mass is 605 g/mol. The van der Waals surface area contributed by atoms with Crippen LogP contribution in [0.1, 0.15) is 0 Å². The zero-order valence-corrected chi connectivity index (χ0v) is 23.8. The molecule has 5 rings (SSSR count). The normalized spacial score (nSPS) is 14.6. The number of nitrogens with one attached hydrogen (secondary N) is 1. The van der Waals surface area contributed by atoms with Crippen molar-refractivity contribution in [2.45, 2.75) is 4.90 Å². The fourth-order valence-corrected chi connectivity index (χ4v) is 9.02. The topological polar surface area (TPSA) is 52.7 Å². The van der Waals surface area contributed by atoms with Crippen LogP contribution in [-0.4, -0.2) is 41.6 Å². The molecule has 5 nitrogen and oxygen atoms in total. The Bertz CT molecular complexity index is 1530. The first-order chi connectivity index (χ1) is 16.7. The lowest BCUT2D eigenvalue weighted by Gasteiger charge is -2.32. The molecule has 1 N–H and O–H groups in total. The Morgan fingerprint density at radius 1 is 0.886 bits per heavy atom. The van der Waals surface area contributed by atoms with Gasteiger partial charge in [-0.1, -0.05) is 70.7 Å². The molecule has 0 radical (unpaired) electrons. The molecule has 0 spiro atoms. The molecule has 2 aromatic carbocycles. The van der Waals surface area contributed by atoms with E-state index in [9.17, 15) is 8.42 Å². The van der Waals surface area contributed by atoms with Crippen LogP contribution in [0.3, 0.4) is 0 Å². The molecular weight excluding hydrogens is 588 g/mol. The van der Waals surface area contributed by atoms with E-state index in [1.165, 1.54) is 22.7 Å². The highest BCUT2D eigenvalue weighted by atomic mass is 35.5. The third kappa shape index (κ3) is 4.64. The van der Waals surface area contributed by atoms with Gasteiger partial charge in [-0.2, -0.15) is 0 Å². The van der Waals surface area contributed by atoms with E-state index in [-0.39, 0.29) is 4.90 Å². The highest BCUT2D eigenvalue weighted by Gasteiger charge is 2.32.